The van der Waals surface area contributed by atoms with Crippen molar-refractivity contribution in [2.24, 2.45) is 35.5 Å². The van der Waals surface area contributed by atoms with Crippen LogP contribution in [0.3, 0.4) is 0 Å². The molecule has 10 atom stereocenters. The van der Waals surface area contributed by atoms with Crippen LogP contribution in [0.25, 0.3) is 12.2 Å². The molecule has 2 aliphatic heterocycles. The van der Waals surface area contributed by atoms with Crippen molar-refractivity contribution in [2.45, 2.75) is 81.3 Å². The number of benzene rings is 4. The van der Waals surface area contributed by atoms with Crippen molar-refractivity contribution in [1.82, 2.24) is 9.71 Å². The van der Waals surface area contributed by atoms with Gasteiger partial charge in [-0.2, -0.15) is 0 Å². The molecule has 0 radical (unpaired) electrons. The summed E-state index contributed by atoms with van der Waals surface area (Å²) in [7, 11) is 2.35. The predicted molar refractivity (Wildman–Crippen MR) is 260 cm³/mol. The Hall–Kier alpha value is -2.77. The molecule has 60 heavy (non-hydrogen) atoms. The molecule has 4 aromatic rings. The van der Waals surface area contributed by atoms with Gasteiger partial charge in [0, 0.05) is 26.2 Å². The van der Waals surface area contributed by atoms with E-state index in [1.54, 1.807) is 17.5 Å². The van der Waals surface area contributed by atoms with Gasteiger partial charge in [-0.15, -0.1) is 0 Å². The number of fused-ring (bicyclic) bond motifs is 6. The smallest absolute Gasteiger partial charge is 0.358 e. The molecular formula is C56H75BN2Zr. The van der Waals surface area contributed by atoms with Gasteiger partial charge >= 0.3 is 26.2 Å². The molecule has 10 unspecified atom stereocenters. The molecule has 6 aliphatic rings. The first-order valence-electron chi connectivity index (χ1n) is 22.2. The van der Waals surface area contributed by atoms with Crippen LogP contribution < -0.4 is 0 Å². The molecule has 6 fully saturated rings. The van der Waals surface area contributed by atoms with Gasteiger partial charge in [-0.1, -0.05) is 171 Å². The molecule has 316 valence electrons. The number of likely N-dealkylation sites (N-methyl/N-ethyl adjacent to an activating group) is 1. The van der Waals surface area contributed by atoms with E-state index >= 15 is 0 Å². The molecule has 0 bridgehead atoms. The van der Waals surface area contributed by atoms with E-state index in [2.05, 4.69) is 126 Å². The number of nitrogens with zero attached hydrogens (tertiary/aromatic N) is 2. The van der Waals surface area contributed by atoms with Crippen LogP contribution in [-0.4, -0.2) is 49.8 Å². The van der Waals surface area contributed by atoms with Crippen LogP contribution in [0.4, 0.5) is 0 Å². The van der Waals surface area contributed by atoms with Gasteiger partial charge in [-0.3, -0.25) is 0 Å². The van der Waals surface area contributed by atoms with E-state index < -0.39 is 0 Å². The van der Waals surface area contributed by atoms with Gasteiger partial charge in [0.2, 0.25) is 6.85 Å². The molecule has 10 rings (SSSR count). The van der Waals surface area contributed by atoms with E-state index in [0.29, 0.717) is 0 Å². The number of hydrogen-bond donors (Lipinski definition) is 0. The molecule has 2 heterocycles. The molecule has 0 amide bonds. The van der Waals surface area contributed by atoms with Crippen LogP contribution in [-0.2, 0) is 26.2 Å². The third-order valence-corrected chi connectivity index (χ3v) is 15.6. The van der Waals surface area contributed by atoms with Crippen LogP contribution in [0, 0.1) is 65.2 Å². The van der Waals surface area contributed by atoms with Gasteiger partial charge in [0.05, 0.1) is 0 Å². The summed E-state index contributed by atoms with van der Waals surface area (Å²) < 4.78 is 0. The predicted octanol–water partition coefficient (Wildman–Crippen LogP) is 14.0. The van der Waals surface area contributed by atoms with Crippen LogP contribution in [0.5, 0.6) is 0 Å². The fraction of sp³-hybridized carbons (Fsp3) is 0.429. The van der Waals surface area contributed by atoms with Gasteiger partial charge in [-0.25, -0.2) is 0 Å². The Balaban J connectivity index is 0.000000325. The monoisotopic (exact) mass is 877 g/mol. The third-order valence-electron chi connectivity index (χ3n) is 15.6. The average molecular weight is 878 g/mol. The maximum absolute atomic E-state index is 3.09. The van der Waals surface area contributed by atoms with Crippen molar-refractivity contribution < 1.29 is 26.2 Å². The van der Waals surface area contributed by atoms with Gasteiger partial charge < -0.3 is 39.4 Å². The average Bonchev–Trinajstić information content (AvgIpc) is 3.82. The molecule has 4 heteroatoms. The second-order valence-corrected chi connectivity index (χ2v) is 18.3. The molecule has 0 spiro atoms. The van der Waals surface area contributed by atoms with Crippen molar-refractivity contribution in [3.05, 3.63) is 185 Å². The SMILES string of the molecule is C(/C=C/c1ccccc1)=C\c1ccccc1.CN1CCN(B2C3C(CC4CC5C(c6ccccc6)CCCC5C24)CC2C(c4ccccc4)CCCC23)CC1.[CH3-].[CH3-].[CH3-].[CH3-].[Zr+4]. The quantitative estimate of drug-likeness (QED) is 0.108. The molecule has 2 nitrogen and oxygen atoms in total. The Kier molecular flexibility index (Phi) is 19.6. The van der Waals surface area contributed by atoms with E-state index in [0.717, 1.165) is 65.8 Å². The summed E-state index contributed by atoms with van der Waals surface area (Å²) in [6.07, 6.45) is 21.7. The fourth-order valence-corrected chi connectivity index (χ4v) is 13.5. The number of rotatable bonds is 6. The van der Waals surface area contributed by atoms with E-state index in [-0.39, 0.29) is 55.9 Å². The van der Waals surface area contributed by atoms with Crippen molar-refractivity contribution in [3.8, 4) is 0 Å². The first-order chi connectivity index (χ1) is 27.2. The van der Waals surface area contributed by atoms with E-state index in [9.17, 15) is 0 Å². The zero-order valence-corrected chi connectivity index (χ0v) is 40.3. The molecular weight excluding hydrogens is 803 g/mol. The van der Waals surface area contributed by atoms with Crippen LogP contribution in [0.1, 0.15) is 91.9 Å². The van der Waals surface area contributed by atoms with Crippen molar-refractivity contribution in [2.75, 3.05) is 33.2 Å². The molecule has 4 aromatic carbocycles. The van der Waals surface area contributed by atoms with Crippen molar-refractivity contribution in [3.63, 3.8) is 0 Å². The van der Waals surface area contributed by atoms with Crippen molar-refractivity contribution in [1.29, 1.82) is 0 Å². The molecule has 0 aromatic heterocycles. The Morgan fingerprint density at radius 3 is 1.25 bits per heavy atom. The topological polar surface area (TPSA) is 6.48 Å². The molecule has 2 saturated heterocycles. The Morgan fingerprint density at radius 1 is 0.467 bits per heavy atom. The van der Waals surface area contributed by atoms with Crippen LogP contribution in [0.2, 0.25) is 11.6 Å². The maximum Gasteiger partial charge on any atom is 4.00 e. The third kappa shape index (κ3) is 10.9. The summed E-state index contributed by atoms with van der Waals surface area (Å²) in [5.74, 6) is 9.30. The standard InChI is InChI=1S/C36H49BN2.C16H14.4CH3.Zr/c1-38-18-20-39(21-19-38)37-35-27(23-33-29(14-8-16-31(33)35)25-10-4-2-5-11-25)22-28-24-34-30(26-12-6-3-7-13-26)15-9-17-32(34)36(28)37;1-3-9-15(10-4-1)13-7-8-14-16-11-5-2-6-12-16;;;;;/h2-7,10-13,27-36H,8-9,14-24H2,1H3;1-14H;4*1H3;/q;;4*-1;+4/b;13-7+,14-8+;;;;;. The summed E-state index contributed by atoms with van der Waals surface area (Å²) in [5, 5.41) is 0. The summed E-state index contributed by atoms with van der Waals surface area (Å²) in [6.45, 7) is 6.02. The molecule has 0 N–H and O–H groups in total. The zero-order chi connectivity index (χ0) is 37.0. The number of piperazine rings is 1. The second-order valence-electron chi connectivity index (χ2n) is 18.3. The number of hydrogen-bond acceptors (Lipinski definition) is 2. The molecule has 4 aliphatic carbocycles. The fourth-order valence-electron chi connectivity index (χ4n) is 13.5. The first-order valence-corrected chi connectivity index (χ1v) is 22.2. The van der Waals surface area contributed by atoms with E-state index in [1.807, 2.05) is 36.4 Å². The Labute approximate surface area is 388 Å². The van der Waals surface area contributed by atoms with Gasteiger partial charge in [0.15, 0.2) is 0 Å². The second kappa shape index (κ2) is 23.6. The normalized spacial score (nSPS) is 30.6. The summed E-state index contributed by atoms with van der Waals surface area (Å²) in [5.41, 5.74) is 5.75. The van der Waals surface area contributed by atoms with Gasteiger partial charge in [0.25, 0.3) is 0 Å². The summed E-state index contributed by atoms with van der Waals surface area (Å²) >= 11 is 0. The summed E-state index contributed by atoms with van der Waals surface area (Å²) in [4.78, 5) is 5.68. The minimum atomic E-state index is 0. The minimum Gasteiger partial charge on any atom is -0.358 e. The maximum atomic E-state index is 3.09. The molecule has 4 saturated carbocycles. The van der Waals surface area contributed by atoms with Crippen molar-refractivity contribution >= 4 is 19.0 Å². The Bertz CT molecular complexity index is 1720. The first kappa shape index (κ1) is 49.9. The Morgan fingerprint density at radius 2 is 0.850 bits per heavy atom. The van der Waals surface area contributed by atoms with E-state index in [4.69, 9.17) is 0 Å². The van der Waals surface area contributed by atoms with Crippen LogP contribution in [0.15, 0.2) is 133 Å². The minimum absolute atomic E-state index is 0. The van der Waals surface area contributed by atoms with Crippen LogP contribution >= 0.6 is 0 Å². The van der Waals surface area contributed by atoms with E-state index in [1.165, 1.54) is 88.7 Å². The van der Waals surface area contributed by atoms with Gasteiger partial charge in [-0.05, 0) is 120 Å². The largest absolute Gasteiger partial charge is 4.00 e. The zero-order valence-electron chi connectivity index (χ0n) is 37.8. The number of allylic oxidation sites excluding steroid dienone is 2. The summed E-state index contributed by atoms with van der Waals surface area (Å²) in [6, 6.07) is 44.0. The van der Waals surface area contributed by atoms with Gasteiger partial charge in [0.1, 0.15) is 0 Å².